The summed E-state index contributed by atoms with van der Waals surface area (Å²) >= 11 is 6.11. The average Bonchev–Trinajstić information content (AvgIpc) is 3.12. The van der Waals surface area contributed by atoms with Gasteiger partial charge in [-0.1, -0.05) is 31.5 Å². The SMILES string of the molecule is COc1ccc(NC(=O)c2cnn(-c3cccc(Cl)c3)c2C(C)C)cc1NS(C)(=O)=O. The second kappa shape index (κ2) is 8.99. The first-order chi connectivity index (χ1) is 14.6. The molecule has 2 N–H and O–H groups in total. The molecule has 0 radical (unpaired) electrons. The Hall–Kier alpha value is -3.04. The molecule has 0 fully saturated rings. The summed E-state index contributed by atoms with van der Waals surface area (Å²) in [6, 6.07) is 11.9. The number of sulfonamides is 1. The van der Waals surface area contributed by atoms with Crippen LogP contribution in [0.4, 0.5) is 11.4 Å². The summed E-state index contributed by atoms with van der Waals surface area (Å²) < 4.78 is 32.5. The minimum absolute atomic E-state index is 0.000519. The lowest BCUT2D eigenvalue weighted by Crippen LogP contribution is -2.16. The maximum absolute atomic E-state index is 13.0. The normalized spacial score (nSPS) is 11.4. The molecule has 0 unspecified atom stereocenters. The fourth-order valence-electron chi connectivity index (χ4n) is 3.17. The maximum Gasteiger partial charge on any atom is 0.259 e. The quantitative estimate of drug-likeness (QED) is 0.545. The molecule has 1 amide bonds. The second-order valence-corrected chi connectivity index (χ2v) is 9.42. The third kappa shape index (κ3) is 5.36. The van der Waals surface area contributed by atoms with Gasteiger partial charge in [0.25, 0.3) is 5.91 Å². The van der Waals surface area contributed by atoms with Crippen LogP contribution in [0.5, 0.6) is 5.75 Å². The van der Waals surface area contributed by atoms with Gasteiger partial charge in [-0.05, 0) is 42.3 Å². The van der Waals surface area contributed by atoms with Crippen LogP contribution in [0.15, 0.2) is 48.7 Å². The Bertz CT molecular complexity index is 1220. The van der Waals surface area contributed by atoms with Crippen molar-refractivity contribution in [3.05, 3.63) is 64.9 Å². The summed E-state index contributed by atoms with van der Waals surface area (Å²) in [6.07, 6.45) is 2.54. The molecule has 2 aromatic carbocycles. The minimum atomic E-state index is -3.52. The van der Waals surface area contributed by atoms with Gasteiger partial charge in [-0.15, -0.1) is 0 Å². The van der Waals surface area contributed by atoms with Crippen molar-refractivity contribution >= 4 is 38.9 Å². The number of rotatable bonds is 7. The number of ether oxygens (including phenoxy) is 1. The highest BCUT2D eigenvalue weighted by molar-refractivity contribution is 7.92. The van der Waals surface area contributed by atoms with Crippen molar-refractivity contribution < 1.29 is 17.9 Å². The Balaban J connectivity index is 1.95. The first-order valence-electron chi connectivity index (χ1n) is 9.40. The van der Waals surface area contributed by atoms with Crippen LogP contribution in [-0.4, -0.2) is 37.5 Å². The number of amides is 1. The second-order valence-electron chi connectivity index (χ2n) is 7.23. The highest BCUT2D eigenvalue weighted by atomic mass is 35.5. The lowest BCUT2D eigenvalue weighted by atomic mass is 10.0. The molecule has 1 aromatic heterocycles. The summed E-state index contributed by atoms with van der Waals surface area (Å²) in [6.45, 7) is 3.94. The summed E-state index contributed by atoms with van der Waals surface area (Å²) in [5, 5.41) is 7.76. The van der Waals surface area contributed by atoms with E-state index in [4.69, 9.17) is 16.3 Å². The molecule has 3 rings (SSSR count). The van der Waals surface area contributed by atoms with Gasteiger partial charge in [-0.3, -0.25) is 9.52 Å². The van der Waals surface area contributed by atoms with Crippen LogP contribution in [0.2, 0.25) is 5.02 Å². The van der Waals surface area contributed by atoms with E-state index in [1.807, 2.05) is 26.0 Å². The van der Waals surface area contributed by atoms with E-state index >= 15 is 0 Å². The standard InChI is InChI=1S/C21H23ClN4O4S/c1-13(2)20-17(12-23-26(20)16-7-5-6-14(22)10-16)21(27)24-15-8-9-19(30-3)18(11-15)25-31(4,28)29/h5-13,25H,1-4H3,(H,24,27). The Morgan fingerprint density at radius 3 is 2.55 bits per heavy atom. The van der Waals surface area contributed by atoms with E-state index < -0.39 is 10.0 Å². The van der Waals surface area contributed by atoms with Gasteiger partial charge in [0.2, 0.25) is 10.0 Å². The van der Waals surface area contributed by atoms with Crippen molar-refractivity contribution in [1.29, 1.82) is 0 Å². The molecular formula is C21H23ClN4O4S. The first-order valence-corrected chi connectivity index (χ1v) is 11.7. The van der Waals surface area contributed by atoms with Crippen LogP contribution >= 0.6 is 11.6 Å². The predicted octanol–water partition coefficient (Wildman–Crippen LogP) is 4.28. The molecule has 0 aliphatic rings. The molecule has 0 saturated heterocycles. The van der Waals surface area contributed by atoms with Crippen molar-refractivity contribution in [3.63, 3.8) is 0 Å². The minimum Gasteiger partial charge on any atom is -0.495 e. The molecule has 0 atom stereocenters. The van der Waals surface area contributed by atoms with Crippen LogP contribution in [0.1, 0.15) is 35.8 Å². The highest BCUT2D eigenvalue weighted by Crippen LogP contribution is 2.30. The van der Waals surface area contributed by atoms with E-state index in [1.54, 1.807) is 28.9 Å². The van der Waals surface area contributed by atoms with Crippen molar-refractivity contribution in [1.82, 2.24) is 9.78 Å². The molecule has 1 heterocycles. The fourth-order valence-corrected chi connectivity index (χ4v) is 3.91. The number of nitrogens with zero attached hydrogens (tertiary/aromatic N) is 2. The molecule has 0 bridgehead atoms. The number of nitrogens with one attached hydrogen (secondary N) is 2. The summed E-state index contributed by atoms with van der Waals surface area (Å²) in [7, 11) is -2.09. The number of aromatic nitrogens is 2. The summed E-state index contributed by atoms with van der Waals surface area (Å²) in [5.74, 6) is -0.0342. The van der Waals surface area contributed by atoms with Crippen molar-refractivity contribution in [2.45, 2.75) is 19.8 Å². The molecule has 0 aliphatic carbocycles. The molecule has 0 saturated carbocycles. The Morgan fingerprint density at radius 1 is 1.19 bits per heavy atom. The first kappa shape index (κ1) is 22.6. The zero-order valence-electron chi connectivity index (χ0n) is 17.5. The van der Waals surface area contributed by atoms with Gasteiger partial charge in [-0.2, -0.15) is 5.10 Å². The van der Waals surface area contributed by atoms with Crippen molar-refractivity contribution in [2.75, 3.05) is 23.4 Å². The van der Waals surface area contributed by atoms with Crippen LogP contribution in [0.25, 0.3) is 5.69 Å². The molecule has 8 nitrogen and oxygen atoms in total. The van der Waals surface area contributed by atoms with Crippen molar-refractivity contribution in [3.8, 4) is 11.4 Å². The van der Waals surface area contributed by atoms with E-state index in [-0.39, 0.29) is 17.5 Å². The molecular weight excluding hydrogens is 440 g/mol. The van der Waals surface area contributed by atoms with Crippen LogP contribution in [-0.2, 0) is 10.0 Å². The van der Waals surface area contributed by atoms with E-state index in [0.29, 0.717) is 22.0 Å². The highest BCUT2D eigenvalue weighted by Gasteiger charge is 2.21. The Labute approximate surface area is 186 Å². The number of halogens is 1. The number of benzene rings is 2. The van der Waals surface area contributed by atoms with Gasteiger partial charge in [0, 0.05) is 10.7 Å². The van der Waals surface area contributed by atoms with E-state index in [9.17, 15) is 13.2 Å². The average molecular weight is 463 g/mol. The van der Waals surface area contributed by atoms with Crippen LogP contribution in [0, 0.1) is 0 Å². The number of methoxy groups -OCH3 is 1. The predicted molar refractivity (Wildman–Crippen MR) is 122 cm³/mol. The smallest absolute Gasteiger partial charge is 0.259 e. The number of hydrogen-bond donors (Lipinski definition) is 2. The Kier molecular flexibility index (Phi) is 6.56. The molecule has 31 heavy (non-hydrogen) atoms. The van der Waals surface area contributed by atoms with E-state index in [1.165, 1.54) is 19.4 Å². The fraction of sp³-hybridized carbons (Fsp3) is 0.238. The lowest BCUT2D eigenvalue weighted by Gasteiger charge is -2.14. The third-order valence-corrected chi connectivity index (χ3v) is 5.23. The largest absolute Gasteiger partial charge is 0.495 e. The van der Waals surface area contributed by atoms with E-state index in [0.717, 1.165) is 17.6 Å². The zero-order chi connectivity index (χ0) is 22.8. The van der Waals surface area contributed by atoms with Gasteiger partial charge in [0.15, 0.2) is 0 Å². The monoisotopic (exact) mass is 462 g/mol. The number of carbonyl (C=O) groups excluding carboxylic acids is 1. The zero-order valence-corrected chi connectivity index (χ0v) is 19.1. The van der Waals surface area contributed by atoms with Gasteiger partial charge >= 0.3 is 0 Å². The Morgan fingerprint density at radius 2 is 1.94 bits per heavy atom. The van der Waals surface area contributed by atoms with Crippen LogP contribution < -0.4 is 14.8 Å². The summed E-state index contributed by atoms with van der Waals surface area (Å²) in [4.78, 5) is 13.0. The van der Waals surface area contributed by atoms with Gasteiger partial charge in [-0.25, -0.2) is 13.1 Å². The molecule has 10 heteroatoms. The molecule has 0 aliphatic heterocycles. The number of anilines is 2. The third-order valence-electron chi connectivity index (χ3n) is 4.40. The number of carbonyl (C=O) groups is 1. The number of hydrogen-bond acceptors (Lipinski definition) is 5. The molecule has 0 spiro atoms. The molecule has 164 valence electrons. The van der Waals surface area contributed by atoms with Crippen molar-refractivity contribution in [2.24, 2.45) is 0 Å². The maximum atomic E-state index is 13.0. The van der Waals surface area contributed by atoms with Gasteiger partial charge in [0.05, 0.1) is 42.2 Å². The van der Waals surface area contributed by atoms with Gasteiger partial charge < -0.3 is 10.1 Å². The topological polar surface area (TPSA) is 102 Å². The lowest BCUT2D eigenvalue weighted by molar-refractivity contribution is 0.102. The van der Waals surface area contributed by atoms with Crippen LogP contribution in [0.3, 0.4) is 0 Å². The van der Waals surface area contributed by atoms with Gasteiger partial charge in [0.1, 0.15) is 5.75 Å². The van der Waals surface area contributed by atoms with E-state index in [2.05, 4.69) is 15.1 Å². The summed E-state index contributed by atoms with van der Waals surface area (Å²) in [5.41, 5.74) is 2.51. The molecule has 3 aromatic rings.